The van der Waals surface area contributed by atoms with Gasteiger partial charge >= 0.3 is 87.3 Å². The first-order valence-electron chi connectivity index (χ1n) is 4.76. The summed E-state index contributed by atoms with van der Waals surface area (Å²) >= 11 is -2.34. The van der Waals surface area contributed by atoms with E-state index < -0.39 is 18.4 Å². The molecule has 74 valence electrons. The van der Waals surface area contributed by atoms with Crippen LogP contribution in [0.5, 0.6) is 0 Å². The van der Waals surface area contributed by atoms with Gasteiger partial charge in [0.05, 0.1) is 0 Å². The van der Waals surface area contributed by atoms with Gasteiger partial charge in [0.1, 0.15) is 0 Å². The van der Waals surface area contributed by atoms with Gasteiger partial charge in [-0.3, -0.25) is 0 Å². The molecule has 0 amide bonds. The fourth-order valence-corrected chi connectivity index (χ4v) is 7.08. The summed E-state index contributed by atoms with van der Waals surface area (Å²) in [5.41, 5.74) is 1.05. The van der Waals surface area contributed by atoms with Crippen LogP contribution in [0.4, 0.5) is 4.39 Å². The van der Waals surface area contributed by atoms with E-state index in [0.29, 0.717) is 0 Å². The molecular formula is C11H14FNSn. The van der Waals surface area contributed by atoms with Crippen LogP contribution in [0.15, 0.2) is 24.4 Å². The molecule has 1 N–H and O–H groups in total. The fraction of sp³-hybridized carbons (Fsp3) is 0.273. The molecule has 0 spiro atoms. The summed E-state index contributed by atoms with van der Waals surface area (Å²) in [7, 11) is 0. The van der Waals surface area contributed by atoms with Crippen molar-refractivity contribution in [2.45, 2.75) is 14.8 Å². The van der Waals surface area contributed by atoms with E-state index in [-0.39, 0.29) is 5.82 Å². The summed E-state index contributed by atoms with van der Waals surface area (Å²) in [6, 6.07) is 5.37. The summed E-state index contributed by atoms with van der Waals surface area (Å²) in [5, 5.41) is 1.08. The van der Waals surface area contributed by atoms with E-state index in [2.05, 4.69) is 19.8 Å². The van der Waals surface area contributed by atoms with Gasteiger partial charge in [-0.2, -0.15) is 0 Å². The Kier molecular flexibility index (Phi) is 2.33. The minimum atomic E-state index is -2.34. The van der Waals surface area contributed by atoms with Crippen LogP contribution in [-0.2, 0) is 0 Å². The summed E-state index contributed by atoms with van der Waals surface area (Å²) in [6.45, 7) is 0. The quantitative estimate of drug-likeness (QED) is 0.779. The van der Waals surface area contributed by atoms with Gasteiger partial charge in [0.15, 0.2) is 0 Å². The fourth-order valence-electron chi connectivity index (χ4n) is 1.87. The van der Waals surface area contributed by atoms with E-state index in [0.717, 1.165) is 14.5 Å². The van der Waals surface area contributed by atoms with E-state index in [1.807, 2.05) is 18.3 Å². The van der Waals surface area contributed by atoms with Crippen LogP contribution < -0.4 is 3.58 Å². The number of hydrogen-bond donors (Lipinski definition) is 1. The van der Waals surface area contributed by atoms with Gasteiger partial charge in [-0.25, -0.2) is 0 Å². The summed E-state index contributed by atoms with van der Waals surface area (Å²) in [4.78, 5) is 9.83. The molecule has 1 aromatic heterocycles. The molecule has 0 fully saturated rings. The predicted octanol–water partition coefficient (Wildman–Crippen LogP) is 2.85. The molecule has 0 aliphatic carbocycles. The summed E-state index contributed by atoms with van der Waals surface area (Å²) in [6.07, 6.45) is 1.88. The Hall–Kier alpha value is -0.511. The number of rotatable bonds is 1. The third-order valence-corrected chi connectivity index (χ3v) is 8.17. The maximum atomic E-state index is 13.7. The van der Waals surface area contributed by atoms with E-state index in [1.165, 1.54) is 0 Å². The normalized spacial score (nSPS) is 12.3. The van der Waals surface area contributed by atoms with Crippen LogP contribution in [0.2, 0.25) is 14.8 Å². The zero-order chi connectivity index (χ0) is 10.3. The van der Waals surface area contributed by atoms with Crippen LogP contribution in [0.25, 0.3) is 10.9 Å². The first-order valence-corrected chi connectivity index (χ1v) is 14.7. The second-order valence-electron chi connectivity index (χ2n) is 4.61. The van der Waals surface area contributed by atoms with Gasteiger partial charge in [0.2, 0.25) is 0 Å². The molecule has 2 aromatic rings. The van der Waals surface area contributed by atoms with Crippen LogP contribution in [0, 0.1) is 5.82 Å². The van der Waals surface area contributed by atoms with Crippen molar-refractivity contribution in [3.8, 4) is 0 Å². The van der Waals surface area contributed by atoms with Gasteiger partial charge in [0, 0.05) is 0 Å². The van der Waals surface area contributed by atoms with Crippen molar-refractivity contribution >= 4 is 32.9 Å². The van der Waals surface area contributed by atoms with E-state index >= 15 is 0 Å². The summed E-state index contributed by atoms with van der Waals surface area (Å²) in [5.74, 6) is -0.0274. The van der Waals surface area contributed by atoms with Crippen LogP contribution >= 0.6 is 0 Å². The van der Waals surface area contributed by atoms with E-state index in [1.54, 1.807) is 6.07 Å². The Morgan fingerprint density at radius 3 is 2.50 bits per heavy atom. The molecule has 1 aromatic carbocycles. The molecule has 0 atom stereocenters. The molecule has 0 aliphatic heterocycles. The predicted molar refractivity (Wildman–Crippen MR) is 61.2 cm³/mol. The molecule has 2 rings (SSSR count). The van der Waals surface area contributed by atoms with Gasteiger partial charge < -0.3 is 0 Å². The van der Waals surface area contributed by atoms with Crippen LogP contribution in [-0.4, -0.2) is 23.4 Å². The Morgan fingerprint density at radius 1 is 1.14 bits per heavy atom. The number of hydrogen-bond acceptors (Lipinski definition) is 0. The van der Waals surface area contributed by atoms with Crippen molar-refractivity contribution in [2.24, 2.45) is 0 Å². The van der Waals surface area contributed by atoms with Crippen molar-refractivity contribution in [1.82, 2.24) is 4.98 Å². The zero-order valence-corrected chi connectivity index (χ0v) is 11.5. The molecule has 0 radical (unpaired) electrons. The average Bonchev–Trinajstić information content (AvgIpc) is 2.48. The molecule has 0 aliphatic rings. The molecule has 1 heterocycles. The zero-order valence-electron chi connectivity index (χ0n) is 8.69. The standard InChI is InChI=1S/C8H5FN.3CH3.Sn/c9-7-1-2-8-6(5-7)3-4-10-8;;;;/h1-4,10H;3*1H3;. The Morgan fingerprint density at radius 2 is 1.86 bits per heavy atom. The molecule has 1 nitrogen and oxygen atoms in total. The number of fused-ring (bicyclic) bond motifs is 1. The number of aromatic nitrogens is 1. The Labute approximate surface area is 87.2 Å². The third kappa shape index (κ3) is 1.56. The second-order valence-corrected chi connectivity index (χ2v) is 18.9. The van der Waals surface area contributed by atoms with Gasteiger partial charge in [-0.15, -0.1) is 0 Å². The van der Waals surface area contributed by atoms with Crippen molar-refractivity contribution < 1.29 is 4.39 Å². The van der Waals surface area contributed by atoms with Gasteiger partial charge in [-0.05, 0) is 0 Å². The van der Waals surface area contributed by atoms with Crippen molar-refractivity contribution in [3.05, 3.63) is 30.2 Å². The van der Waals surface area contributed by atoms with Crippen molar-refractivity contribution in [3.63, 3.8) is 0 Å². The van der Waals surface area contributed by atoms with Gasteiger partial charge in [0.25, 0.3) is 0 Å². The molecular weight excluding hydrogens is 284 g/mol. The number of halogens is 1. The Bertz CT molecular complexity index is 468. The first kappa shape index (κ1) is 10.0. The number of aromatic amines is 1. The second kappa shape index (κ2) is 3.26. The van der Waals surface area contributed by atoms with E-state index in [4.69, 9.17) is 0 Å². The van der Waals surface area contributed by atoms with Crippen molar-refractivity contribution in [2.75, 3.05) is 0 Å². The Balaban J connectivity index is 2.83. The molecule has 0 bridgehead atoms. The topological polar surface area (TPSA) is 15.8 Å². The number of nitrogens with one attached hydrogen (secondary N) is 1. The molecule has 0 saturated heterocycles. The molecule has 0 saturated carbocycles. The van der Waals surface area contributed by atoms with E-state index in [9.17, 15) is 4.39 Å². The molecule has 0 unspecified atom stereocenters. The summed E-state index contributed by atoms with van der Waals surface area (Å²) < 4.78 is 14.7. The maximum absolute atomic E-state index is 13.7. The SMILES string of the molecule is [CH3][Sn]([CH3])([CH3])[c]1c(F)ccc2[nH]ccc12. The third-order valence-electron chi connectivity index (χ3n) is 2.43. The van der Waals surface area contributed by atoms with Gasteiger partial charge in [-0.1, -0.05) is 0 Å². The average molecular weight is 298 g/mol. The van der Waals surface area contributed by atoms with Crippen LogP contribution in [0.1, 0.15) is 0 Å². The van der Waals surface area contributed by atoms with Crippen molar-refractivity contribution in [1.29, 1.82) is 0 Å². The number of benzene rings is 1. The monoisotopic (exact) mass is 299 g/mol. The molecule has 14 heavy (non-hydrogen) atoms. The first-order chi connectivity index (χ1) is 6.50. The minimum absolute atomic E-state index is 0.0274. The number of H-pyrrole nitrogens is 1. The molecule has 3 heteroatoms. The van der Waals surface area contributed by atoms with Crippen LogP contribution in [0.3, 0.4) is 0 Å².